The van der Waals surface area contributed by atoms with Gasteiger partial charge in [0.1, 0.15) is 0 Å². The molecule has 15 heavy (non-hydrogen) atoms. The van der Waals surface area contributed by atoms with E-state index in [1.165, 1.54) is 37.8 Å². The fourth-order valence-electron chi connectivity index (χ4n) is 2.38. The highest BCUT2D eigenvalue weighted by molar-refractivity contribution is 5.13. The summed E-state index contributed by atoms with van der Waals surface area (Å²) >= 11 is 0. The van der Waals surface area contributed by atoms with Gasteiger partial charge in [-0.2, -0.15) is 0 Å². The van der Waals surface area contributed by atoms with Gasteiger partial charge in [-0.1, -0.05) is 19.3 Å². The fraction of sp³-hybridized carbons (Fsp3) is 0.750. The Kier molecular flexibility index (Phi) is 3.29. The summed E-state index contributed by atoms with van der Waals surface area (Å²) in [4.78, 5) is 0. The van der Waals surface area contributed by atoms with E-state index in [2.05, 4.69) is 16.7 Å². The third-order valence-corrected chi connectivity index (χ3v) is 3.32. The predicted molar refractivity (Wildman–Crippen MR) is 60.1 cm³/mol. The van der Waals surface area contributed by atoms with Gasteiger partial charge in [-0.05, 0) is 25.7 Å². The van der Waals surface area contributed by atoms with Gasteiger partial charge < -0.3 is 4.74 Å². The van der Waals surface area contributed by atoms with Crippen LogP contribution in [0.25, 0.3) is 0 Å². The lowest BCUT2D eigenvalue weighted by Crippen LogP contribution is -2.15. The Morgan fingerprint density at radius 3 is 2.73 bits per heavy atom. The number of methoxy groups -OCH3 is 1. The molecule has 0 aliphatic heterocycles. The number of hydrogen-bond acceptors (Lipinski definition) is 2. The van der Waals surface area contributed by atoms with Gasteiger partial charge in [0.2, 0.25) is 5.88 Å². The minimum atomic E-state index is 0.739. The second kappa shape index (κ2) is 4.69. The van der Waals surface area contributed by atoms with Crippen molar-refractivity contribution < 1.29 is 4.74 Å². The van der Waals surface area contributed by atoms with Gasteiger partial charge >= 0.3 is 0 Å². The normalized spacial score (nSPS) is 18.0. The zero-order chi connectivity index (χ0) is 10.7. The molecular formula is C12H20N2O. The average molecular weight is 208 g/mol. The standard InChI is InChI=1S/C12H20N2O/c1-10-8-12(15-2)13-14(10)9-11-6-4-3-5-7-11/h8,11H,3-7,9H2,1-2H3. The minimum absolute atomic E-state index is 0.739. The van der Waals surface area contributed by atoms with Crippen LogP contribution in [0, 0.1) is 12.8 Å². The molecule has 0 spiro atoms. The Labute approximate surface area is 91.4 Å². The van der Waals surface area contributed by atoms with Crippen LogP contribution in [0.15, 0.2) is 6.07 Å². The van der Waals surface area contributed by atoms with Crippen LogP contribution in [-0.4, -0.2) is 16.9 Å². The molecule has 0 amide bonds. The van der Waals surface area contributed by atoms with Gasteiger partial charge in [-0.15, -0.1) is 5.10 Å². The quantitative estimate of drug-likeness (QED) is 0.763. The Bertz CT molecular complexity index is 313. The van der Waals surface area contributed by atoms with Crippen molar-refractivity contribution in [3.8, 4) is 5.88 Å². The van der Waals surface area contributed by atoms with Gasteiger partial charge in [0.25, 0.3) is 0 Å². The van der Waals surface area contributed by atoms with Gasteiger partial charge in [0, 0.05) is 18.3 Å². The maximum Gasteiger partial charge on any atom is 0.232 e. The maximum absolute atomic E-state index is 5.13. The lowest BCUT2D eigenvalue weighted by molar-refractivity contribution is 0.300. The van der Waals surface area contributed by atoms with Crippen molar-refractivity contribution >= 4 is 0 Å². The van der Waals surface area contributed by atoms with Gasteiger partial charge in [-0.3, -0.25) is 4.68 Å². The summed E-state index contributed by atoms with van der Waals surface area (Å²) < 4.78 is 7.22. The number of aromatic nitrogens is 2. The molecule has 0 aromatic carbocycles. The van der Waals surface area contributed by atoms with Crippen LogP contribution in [0.2, 0.25) is 0 Å². The Hall–Kier alpha value is -0.990. The molecule has 1 aliphatic carbocycles. The number of hydrogen-bond donors (Lipinski definition) is 0. The molecule has 3 nitrogen and oxygen atoms in total. The Morgan fingerprint density at radius 1 is 1.40 bits per heavy atom. The molecule has 1 aliphatic rings. The topological polar surface area (TPSA) is 27.1 Å². The summed E-state index contributed by atoms with van der Waals surface area (Å²) in [7, 11) is 1.67. The molecular weight excluding hydrogens is 188 g/mol. The molecule has 0 atom stereocenters. The van der Waals surface area contributed by atoms with Crippen LogP contribution < -0.4 is 4.74 Å². The molecule has 1 aromatic heterocycles. The summed E-state index contributed by atoms with van der Waals surface area (Å²) in [5, 5.41) is 4.42. The first kappa shape index (κ1) is 10.5. The average Bonchev–Trinajstić information content (AvgIpc) is 2.61. The summed E-state index contributed by atoms with van der Waals surface area (Å²) in [6, 6.07) is 2.00. The van der Waals surface area contributed by atoms with Gasteiger partial charge in [0.05, 0.1) is 7.11 Å². The highest BCUT2D eigenvalue weighted by Crippen LogP contribution is 2.25. The molecule has 1 saturated carbocycles. The molecule has 2 rings (SSSR count). The zero-order valence-corrected chi connectivity index (χ0v) is 9.70. The van der Waals surface area contributed by atoms with E-state index in [-0.39, 0.29) is 0 Å². The molecule has 1 fully saturated rings. The smallest absolute Gasteiger partial charge is 0.232 e. The van der Waals surface area contributed by atoms with Crippen molar-refractivity contribution in [2.45, 2.75) is 45.6 Å². The first-order valence-electron chi connectivity index (χ1n) is 5.88. The molecule has 0 N–H and O–H groups in total. The molecule has 1 heterocycles. The Morgan fingerprint density at radius 2 is 2.13 bits per heavy atom. The minimum Gasteiger partial charge on any atom is -0.480 e. The van der Waals surface area contributed by atoms with Crippen molar-refractivity contribution in [2.24, 2.45) is 5.92 Å². The monoisotopic (exact) mass is 208 g/mol. The molecule has 0 unspecified atom stereocenters. The van der Waals surface area contributed by atoms with E-state index in [9.17, 15) is 0 Å². The van der Waals surface area contributed by atoms with Crippen LogP contribution in [0.3, 0.4) is 0 Å². The second-order valence-corrected chi connectivity index (χ2v) is 4.51. The Balaban J connectivity index is 1.99. The highest BCUT2D eigenvalue weighted by atomic mass is 16.5. The molecule has 0 radical (unpaired) electrons. The number of aryl methyl sites for hydroxylation is 1. The van der Waals surface area contributed by atoms with Crippen molar-refractivity contribution in [3.63, 3.8) is 0 Å². The van der Waals surface area contributed by atoms with Crippen LogP contribution in [0.1, 0.15) is 37.8 Å². The summed E-state index contributed by atoms with van der Waals surface area (Å²) in [6.45, 7) is 3.16. The lowest BCUT2D eigenvalue weighted by atomic mass is 9.89. The van der Waals surface area contributed by atoms with Crippen LogP contribution in [0.4, 0.5) is 0 Å². The van der Waals surface area contributed by atoms with Crippen LogP contribution in [-0.2, 0) is 6.54 Å². The first-order chi connectivity index (χ1) is 7.29. The van der Waals surface area contributed by atoms with Crippen molar-refractivity contribution in [2.75, 3.05) is 7.11 Å². The SMILES string of the molecule is COc1cc(C)n(CC2CCCCC2)n1. The lowest BCUT2D eigenvalue weighted by Gasteiger charge is -2.21. The molecule has 84 valence electrons. The van der Waals surface area contributed by atoms with E-state index in [1.54, 1.807) is 7.11 Å². The van der Waals surface area contributed by atoms with Crippen molar-refractivity contribution in [1.29, 1.82) is 0 Å². The molecule has 3 heteroatoms. The van der Waals surface area contributed by atoms with E-state index >= 15 is 0 Å². The van der Waals surface area contributed by atoms with E-state index < -0.39 is 0 Å². The largest absolute Gasteiger partial charge is 0.480 e. The maximum atomic E-state index is 5.13. The number of ether oxygens (including phenoxy) is 1. The fourth-order valence-corrected chi connectivity index (χ4v) is 2.38. The van der Waals surface area contributed by atoms with Gasteiger partial charge in [-0.25, -0.2) is 0 Å². The molecule has 0 bridgehead atoms. The van der Waals surface area contributed by atoms with Gasteiger partial charge in [0.15, 0.2) is 0 Å². The van der Waals surface area contributed by atoms with Crippen molar-refractivity contribution in [1.82, 2.24) is 9.78 Å². The third kappa shape index (κ3) is 2.52. The summed E-state index contributed by atoms with van der Waals surface area (Å²) in [5.41, 5.74) is 1.21. The first-order valence-corrected chi connectivity index (χ1v) is 5.88. The summed E-state index contributed by atoms with van der Waals surface area (Å²) in [5.74, 6) is 1.56. The number of nitrogens with zero attached hydrogens (tertiary/aromatic N) is 2. The molecule has 0 saturated heterocycles. The van der Waals surface area contributed by atoms with E-state index in [4.69, 9.17) is 4.74 Å². The molecule has 1 aromatic rings. The van der Waals surface area contributed by atoms with Crippen LogP contribution >= 0.6 is 0 Å². The highest BCUT2D eigenvalue weighted by Gasteiger charge is 2.15. The summed E-state index contributed by atoms with van der Waals surface area (Å²) in [6.07, 6.45) is 6.92. The van der Waals surface area contributed by atoms with Crippen molar-refractivity contribution in [3.05, 3.63) is 11.8 Å². The van der Waals surface area contributed by atoms with E-state index in [0.29, 0.717) is 0 Å². The second-order valence-electron chi connectivity index (χ2n) is 4.51. The third-order valence-electron chi connectivity index (χ3n) is 3.32. The number of rotatable bonds is 3. The zero-order valence-electron chi connectivity index (χ0n) is 9.70. The van der Waals surface area contributed by atoms with Crippen LogP contribution in [0.5, 0.6) is 5.88 Å². The van der Waals surface area contributed by atoms with E-state index in [0.717, 1.165) is 18.3 Å². The van der Waals surface area contributed by atoms with E-state index in [1.807, 2.05) is 6.07 Å². The predicted octanol–water partition coefficient (Wildman–Crippen LogP) is 2.78.